The van der Waals surface area contributed by atoms with Crippen molar-refractivity contribution in [1.82, 2.24) is 0 Å². The molecule has 3 rings (SSSR count). The number of alkyl halides is 3. The third-order valence-corrected chi connectivity index (χ3v) is 5.70. The molecule has 0 atom stereocenters. The first-order chi connectivity index (χ1) is 17.6. The van der Waals surface area contributed by atoms with Crippen molar-refractivity contribution in [3.8, 4) is 5.75 Å². The number of carboxylic acids is 1. The molecule has 0 spiro atoms. The van der Waals surface area contributed by atoms with Crippen molar-refractivity contribution >= 4 is 29.2 Å². The Kier molecular flexibility index (Phi) is 9.15. The number of aliphatic hydroxyl groups is 1. The molecule has 0 aliphatic carbocycles. The van der Waals surface area contributed by atoms with E-state index in [2.05, 4.69) is 5.32 Å². The highest BCUT2D eigenvalue weighted by Gasteiger charge is 2.37. The summed E-state index contributed by atoms with van der Waals surface area (Å²) >= 11 is 0. The molecule has 1 aliphatic rings. The van der Waals surface area contributed by atoms with Gasteiger partial charge in [-0.05, 0) is 61.4 Å². The normalized spacial score (nSPS) is 13.7. The van der Waals surface area contributed by atoms with Crippen molar-refractivity contribution in [2.24, 2.45) is 0 Å². The SMILES string of the molecule is O=C(O)CCCCCCCOc1ccc(NC(=O)C2=C(O)CN(c3ccc(C(F)(F)F)cc3)C2=O)cc1. The van der Waals surface area contributed by atoms with Crippen LogP contribution in [0.1, 0.15) is 44.1 Å². The van der Waals surface area contributed by atoms with Gasteiger partial charge in [-0.25, -0.2) is 0 Å². The first-order valence-corrected chi connectivity index (χ1v) is 11.7. The lowest BCUT2D eigenvalue weighted by molar-refractivity contribution is -0.138. The molecule has 11 heteroatoms. The van der Waals surface area contributed by atoms with Gasteiger partial charge in [-0.2, -0.15) is 13.2 Å². The monoisotopic (exact) mass is 520 g/mol. The number of aliphatic hydroxyl groups excluding tert-OH is 1. The van der Waals surface area contributed by atoms with E-state index in [-0.39, 0.29) is 18.7 Å². The number of carboxylic acid groups (broad SMARTS) is 1. The zero-order chi connectivity index (χ0) is 27.0. The fourth-order valence-electron chi connectivity index (χ4n) is 3.75. The summed E-state index contributed by atoms with van der Waals surface area (Å²) in [7, 11) is 0. The highest BCUT2D eigenvalue weighted by molar-refractivity contribution is 6.29. The quantitative estimate of drug-likeness (QED) is 0.258. The van der Waals surface area contributed by atoms with Gasteiger partial charge < -0.3 is 25.2 Å². The van der Waals surface area contributed by atoms with Gasteiger partial charge in [0.1, 0.15) is 17.1 Å². The van der Waals surface area contributed by atoms with Gasteiger partial charge in [0.05, 0.1) is 18.7 Å². The first-order valence-electron chi connectivity index (χ1n) is 11.7. The van der Waals surface area contributed by atoms with Gasteiger partial charge in [0, 0.05) is 17.8 Å². The van der Waals surface area contributed by atoms with E-state index >= 15 is 0 Å². The van der Waals surface area contributed by atoms with Gasteiger partial charge in [0.25, 0.3) is 11.8 Å². The number of halogens is 3. The van der Waals surface area contributed by atoms with Crippen LogP contribution in [0.25, 0.3) is 0 Å². The molecule has 0 saturated heterocycles. The van der Waals surface area contributed by atoms with Gasteiger partial charge in [0.15, 0.2) is 0 Å². The lowest BCUT2D eigenvalue weighted by atomic mass is 10.1. The first kappa shape index (κ1) is 27.6. The molecule has 37 heavy (non-hydrogen) atoms. The summed E-state index contributed by atoms with van der Waals surface area (Å²) in [6.07, 6.45) is -0.153. The molecule has 8 nitrogen and oxygen atoms in total. The number of nitrogens with one attached hydrogen (secondary N) is 1. The number of carbonyl (C=O) groups excluding carboxylic acids is 2. The van der Waals surface area contributed by atoms with E-state index in [0.29, 0.717) is 24.5 Å². The number of rotatable bonds is 12. The summed E-state index contributed by atoms with van der Waals surface area (Å²) in [5.41, 5.74) is -0.881. The maximum Gasteiger partial charge on any atom is 0.416 e. The second-order valence-electron chi connectivity index (χ2n) is 8.50. The smallest absolute Gasteiger partial charge is 0.416 e. The number of aliphatic carboxylic acids is 1. The van der Waals surface area contributed by atoms with E-state index in [4.69, 9.17) is 9.84 Å². The third kappa shape index (κ3) is 7.73. The molecule has 0 radical (unpaired) electrons. The van der Waals surface area contributed by atoms with E-state index < -0.39 is 40.9 Å². The number of hydrogen-bond acceptors (Lipinski definition) is 5. The maximum atomic E-state index is 12.8. The minimum absolute atomic E-state index is 0.120. The van der Waals surface area contributed by atoms with E-state index in [1.807, 2.05) is 0 Å². The predicted molar refractivity (Wildman–Crippen MR) is 129 cm³/mol. The van der Waals surface area contributed by atoms with Crippen LogP contribution in [0.15, 0.2) is 59.9 Å². The molecule has 198 valence electrons. The number of amides is 2. The van der Waals surface area contributed by atoms with Crippen molar-refractivity contribution in [1.29, 1.82) is 0 Å². The number of benzene rings is 2. The summed E-state index contributed by atoms with van der Waals surface area (Å²) in [5.74, 6) is -2.35. The molecule has 2 aromatic carbocycles. The van der Waals surface area contributed by atoms with Crippen LogP contribution in [0.5, 0.6) is 5.75 Å². The topological polar surface area (TPSA) is 116 Å². The zero-order valence-corrected chi connectivity index (χ0v) is 19.9. The van der Waals surface area contributed by atoms with Crippen LogP contribution in [0, 0.1) is 0 Å². The average Bonchev–Trinajstić information content (AvgIpc) is 3.15. The molecule has 2 amide bonds. The molecular formula is C26H27F3N2O6. The van der Waals surface area contributed by atoms with Crippen molar-refractivity contribution in [2.75, 3.05) is 23.4 Å². The molecule has 1 heterocycles. The number of unbranched alkanes of at least 4 members (excludes halogenated alkanes) is 4. The number of carbonyl (C=O) groups is 3. The van der Waals surface area contributed by atoms with Crippen LogP contribution >= 0.6 is 0 Å². The van der Waals surface area contributed by atoms with Crippen LogP contribution in [-0.2, 0) is 20.6 Å². The number of nitrogens with zero attached hydrogens (tertiary/aromatic N) is 1. The summed E-state index contributed by atoms with van der Waals surface area (Å²) in [6.45, 7) is 0.152. The molecule has 0 saturated carbocycles. The highest BCUT2D eigenvalue weighted by atomic mass is 19.4. The molecule has 0 fully saturated rings. The molecule has 3 N–H and O–H groups in total. The molecular weight excluding hydrogens is 493 g/mol. The Morgan fingerprint density at radius 2 is 1.57 bits per heavy atom. The average molecular weight is 521 g/mol. The van der Waals surface area contributed by atoms with E-state index in [1.165, 1.54) is 0 Å². The largest absolute Gasteiger partial charge is 0.509 e. The zero-order valence-electron chi connectivity index (χ0n) is 19.9. The fraction of sp³-hybridized carbons (Fsp3) is 0.346. The van der Waals surface area contributed by atoms with Gasteiger partial charge >= 0.3 is 12.1 Å². The Labute approximate surface area is 211 Å². The lowest BCUT2D eigenvalue weighted by Gasteiger charge is -2.17. The lowest BCUT2D eigenvalue weighted by Crippen LogP contribution is -2.30. The Morgan fingerprint density at radius 3 is 2.19 bits per heavy atom. The van der Waals surface area contributed by atoms with E-state index in [0.717, 1.165) is 54.8 Å². The maximum absolute atomic E-state index is 12.8. The van der Waals surface area contributed by atoms with Crippen molar-refractivity contribution in [2.45, 2.75) is 44.7 Å². The second kappa shape index (κ2) is 12.3. The summed E-state index contributed by atoms with van der Waals surface area (Å²) in [4.78, 5) is 36.9. The van der Waals surface area contributed by atoms with E-state index in [9.17, 15) is 32.7 Å². The fourth-order valence-corrected chi connectivity index (χ4v) is 3.75. The molecule has 0 unspecified atom stereocenters. The van der Waals surface area contributed by atoms with Crippen LogP contribution < -0.4 is 15.0 Å². The highest BCUT2D eigenvalue weighted by Crippen LogP contribution is 2.32. The Bertz CT molecular complexity index is 1140. The molecule has 2 aromatic rings. The van der Waals surface area contributed by atoms with Crippen LogP contribution in [0.3, 0.4) is 0 Å². The van der Waals surface area contributed by atoms with Crippen LogP contribution in [0.2, 0.25) is 0 Å². The van der Waals surface area contributed by atoms with Crippen LogP contribution in [0.4, 0.5) is 24.5 Å². The molecule has 1 aliphatic heterocycles. The van der Waals surface area contributed by atoms with Gasteiger partial charge in [0.2, 0.25) is 0 Å². The standard InChI is InChI=1S/C26H27F3N2O6/c27-26(28,29)17-7-11-19(12-8-17)31-16-21(32)23(25(31)36)24(35)30-18-9-13-20(14-10-18)37-15-5-3-1-2-4-6-22(33)34/h7-14,32H,1-6,15-16H2,(H,30,35)(H,33,34). The minimum atomic E-state index is -4.52. The van der Waals surface area contributed by atoms with Crippen molar-refractivity contribution in [3.63, 3.8) is 0 Å². The number of ether oxygens (including phenoxy) is 1. The summed E-state index contributed by atoms with van der Waals surface area (Å²) in [6, 6.07) is 10.3. The number of anilines is 2. The summed E-state index contributed by atoms with van der Waals surface area (Å²) in [5, 5.41) is 21.3. The van der Waals surface area contributed by atoms with Crippen molar-refractivity contribution in [3.05, 3.63) is 65.4 Å². The van der Waals surface area contributed by atoms with Gasteiger partial charge in [-0.15, -0.1) is 0 Å². The molecule has 0 bridgehead atoms. The summed E-state index contributed by atoms with van der Waals surface area (Å²) < 4.78 is 44.0. The Balaban J connectivity index is 1.47. The third-order valence-electron chi connectivity index (χ3n) is 5.70. The van der Waals surface area contributed by atoms with Crippen molar-refractivity contribution < 1.29 is 42.5 Å². The second-order valence-corrected chi connectivity index (χ2v) is 8.50. The Morgan fingerprint density at radius 1 is 0.946 bits per heavy atom. The predicted octanol–water partition coefficient (Wildman–Crippen LogP) is 5.31. The van der Waals surface area contributed by atoms with Gasteiger partial charge in [-0.1, -0.05) is 19.3 Å². The van der Waals surface area contributed by atoms with Gasteiger partial charge in [-0.3, -0.25) is 14.4 Å². The minimum Gasteiger partial charge on any atom is -0.509 e. The van der Waals surface area contributed by atoms with Crippen LogP contribution in [-0.4, -0.2) is 41.1 Å². The Hall–Kier alpha value is -4.02. The van der Waals surface area contributed by atoms with E-state index in [1.54, 1.807) is 24.3 Å². The molecule has 0 aromatic heterocycles. The number of hydrogen-bond donors (Lipinski definition) is 3.